The first kappa shape index (κ1) is 11.0. The predicted molar refractivity (Wildman–Crippen MR) is 52.9 cm³/mol. The Labute approximate surface area is 80.8 Å². The smallest absolute Gasteiger partial charge is 0.0722 e. The van der Waals surface area contributed by atoms with E-state index in [9.17, 15) is 0 Å². The maximum absolute atomic E-state index is 5.86. The molecule has 1 N–H and O–H groups in total. The van der Waals surface area contributed by atoms with Crippen molar-refractivity contribution < 1.29 is 9.47 Å². The van der Waals surface area contributed by atoms with Crippen molar-refractivity contribution in [3.63, 3.8) is 0 Å². The van der Waals surface area contributed by atoms with Crippen LogP contribution < -0.4 is 5.32 Å². The lowest BCUT2D eigenvalue weighted by molar-refractivity contribution is -0.0516. The average molecular weight is 187 g/mol. The molecule has 0 aromatic rings. The zero-order chi connectivity index (χ0) is 9.90. The molecule has 1 fully saturated rings. The van der Waals surface area contributed by atoms with E-state index in [0.29, 0.717) is 12.1 Å². The highest BCUT2D eigenvalue weighted by atomic mass is 16.5. The molecule has 0 bridgehead atoms. The zero-order valence-corrected chi connectivity index (χ0v) is 9.09. The Bertz CT molecular complexity index is 153. The van der Waals surface area contributed by atoms with Gasteiger partial charge < -0.3 is 14.8 Å². The first-order chi connectivity index (χ1) is 6.01. The topological polar surface area (TPSA) is 30.5 Å². The van der Waals surface area contributed by atoms with Gasteiger partial charge in [-0.2, -0.15) is 0 Å². The van der Waals surface area contributed by atoms with E-state index in [0.717, 1.165) is 19.6 Å². The quantitative estimate of drug-likeness (QED) is 0.719. The largest absolute Gasteiger partial charge is 0.383 e. The van der Waals surface area contributed by atoms with Gasteiger partial charge in [-0.25, -0.2) is 0 Å². The molecule has 1 aliphatic rings. The summed E-state index contributed by atoms with van der Waals surface area (Å²) in [6.45, 7) is 8.01. The van der Waals surface area contributed by atoms with Gasteiger partial charge in [0.25, 0.3) is 0 Å². The number of nitrogens with one attached hydrogen (secondary N) is 1. The fraction of sp³-hybridized carbons (Fsp3) is 1.00. The Kier molecular flexibility index (Phi) is 3.71. The summed E-state index contributed by atoms with van der Waals surface area (Å²) in [5.41, 5.74) is -0.0334. The highest BCUT2D eigenvalue weighted by molar-refractivity contribution is 4.83. The van der Waals surface area contributed by atoms with Crippen molar-refractivity contribution in [3.8, 4) is 0 Å². The molecule has 0 saturated carbocycles. The lowest BCUT2D eigenvalue weighted by Crippen LogP contribution is -2.28. The molecule has 1 rings (SSSR count). The molecule has 0 unspecified atom stereocenters. The van der Waals surface area contributed by atoms with E-state index >= 15 is 0 Å². The van der Waals surface area contributed by atoms with Gasteiger partial charge in [0, 0.05) is 19.7 Å². The molecule has 0 radical (unpaired) electrons. The molecule has 0 aromatic heterocycles. The molecule has 3 heteroatoms. The molecular formula is C10H21NO2. The first-order valence-corrected chi connectivity index (χ1v) is 4.91. The molecule has 1 heterocycles. The Morgan fingerprint density at radius 2 is 2.08 bits per heavy atom. The van der Waals surface area contributed by atoms with Gasteiger partial charge in [0.1, 0.15) is 0 Å². The third kappa shape index (κ3) is 4.07. The van der Waals surface area contributed by atoms with Gasteiger partial charge in [-0.05, 0) is 27.2 Å². The van der Waals surface area contributed by atoms with Crippen LogP contribution in [0.25, 0.3) is 0 Å². The van der Waals surface area contributed by atoms with Gasteiger partial charge in [-0.3, -0.25) is 0 Å². The highest BCUT2D eigenvalue weighted by Crippen LogP contribution is 2.17. The number of methoxy groups -OCH3 is 1. The van der Waals surface area contributed by atoms with Crippen molar-refractivity contribution in [1.82, 2.24) is 5.32 Å². The predicted octanol–water partition coefficient (Wildman–Crippen LogP) is 1.18. The third-order valence-electron chi connectivity index (χ3n) is 2.07. The molecule has 13 heavy (non-hydrogen) atoms. The molecule has 0 spiro atoms. The molecule has 3 nitrogen and oxygen atoms in total. The number of ether oxygens (including phenoxy) is 2. The second-order valence-corrected chi connectivity index (χ2v) is 4.65. The fourth-order valence-electron chi connectivity index (χ4n) is 1.70. The molecule has 0 aliphatic carbocycles. The van der Waals surface area contributed by atoms with Crippen molar-refractivity contribution in [2.24, 2.45) is 0 Å². The number of hydrogen-bond acceptors (Lipinski definition) is 3. The van der Waals surface area contributed by atoms with E-state index in [1.807, 2.05) is 0 Å². The van der Waals surface area contributed by atoms with Gasteiger partial charge in [0.05, 0.1) is 18.3 Å². The monoisotopic (exact) mass is 187 g/mol. The van der Waals surface area contributed by atoms with Crippen LogP contribution in [0.2, 0.25) is 0 Å². The van der Waals surface area contributed by atoms with Crippen LogP contribution in [0.3, 0.4) is 0 Å². The highest BCUT2D eigenvalue weighted by Gasteiger charge is 2.27. The minimum Gasteiger partial charge on any atom is -0.383 e. The van der Waals surface area contributed by atoms with Crippen LogP contribution in [0, 0.1) is 0 Å². The van der Waals surface area contributed by atoms with E-state index < -0.39 is 0 Å². The van der Waals surface area contributed by atoms with E-state index in [4.69, 9.17) is 9.47 Å². The zero-order valence-electron chi connectivity index (χ0n) is 9.09. The van der Waals surface area contributed by atoms with Gasteiger partial charge in [-0.15, -0.1) is 0 Å². The summed E-state index contributed by atoms with van der Waals surface area (Å²) in [6, 6.07) is 0.470. The first-order valence-electron chi connectivity index (χ1n) is 4.91. The van der Waals surface area contributed by atoms with Crippen LogP contribution in [0.5, 0.6) is 0 Å². The lowest BCUT2D eigenvalue weighted by atomic mass is 10.1. The summed E-state index contributed by atoms with van der Waals surface area (Å²) in [4.78, 5) is 0. The van der Waals surface area contributed by atoms with Crippen LogP contribution in [0.4, 0.5) is 0 Å². The molecular weight excluding hydrogens is 166 g/mol. The Balaban J connectivity index is 2.25. The molecule has 1 saturated heterocycles. The van der Waals surface area contributed by atoms with Crippen molar-refractivity contribution in [1.29, 1.82) is 0 Å². The Hall–Kier alpha value is -0.120. The van der Waals surface area contributed by atoms with Gasteiger partial charge >= 0.3 is 0 Å². The van der Waals surface area contributed by atoms with Crippen molar-refractivity contribution in [2.75, 3.05) is 20.3 Å². The minimum atomic E-state index is -0.0334. The second kappa shape index (κ2) is 4.40. The van der Waals surface area contributed by atoms with Crippen LogP contribution in [-0.2, 0) is 9.47 Å². The normalized spacial score (nSPS) is 29.5. The molecule has 0 aromatic carbocycles. The number of rotatable bonds is 3. The number of hydrogen-bond donors (Lipinski definition) is 1. The molecule has 2 atom stereocenters. The van der Waals surface area contributed by atoms with Crippen molar-refractivity contribution >= 4 is 0 Å². The van der Waals surface area contributed by atoms with Crippen molar-refractivity contribution in [3.05, 3.63) is 0 Å². The summed E-state index contributed by atoms with van der Waals surface area (Å²) in [6.07, 6.45) is 1.41. The SMILES string of the molecule is COC[C@@H]1C[C@@H](OC(C)(C)C)CN1. The van der Waals surface area contributed by atoms with E-state index in [-0.39, 0.29) is 5.60 Å². The van der Waals surface area contributed by atoms with Gasteiger partial charge in [0.15, 0.2) is 0 Å². The van der Waals surface area contributed by atoms with Gasteiger partial charge in [0.2, 0.25) is 0 Å². The summed E-state index contributed by atoms with van der Waals surface area (Å²) in [5.74, 6) is 0. The van der Waals surface area contributed by atoms with Gasteiger partial charge in [-0.1, -0.05) is 0 Å². The Morgan fingerprint density at radius 3 is 2.62 bits per heavy atom. The minimum absolute atomic E-state index is 0.0334. The molecule has 0 amide bonds. The van der Waals surface area contributed by atoms with Crippen molar-refractivity contribution in [2.45, 2.75) is 44.9 Å². The average Bonchev–Trinajstić information content (AvgIpc) is 2.33. The lowest BCUT2D eigenvalue weighted by Gasteiger charge is -2.24. The maximum atomic E-state index is 5.86. The van der Waals surface area contributed by atoms with Crippen LogP contribution in [-0.4, -0.2) is 38.0 Å². The van der Waals surface area contributed by atoms with Crippen LogP contribution in [0.15, 0.2) is 0 Å². The second-order valence-electron chi connectivity index (χ2n) is 4.65. The van der Waals surface area contributed by atoms with E-state index in [1.54, 1.807) is 7.11 Å². The molecule has 1 aliphatic heterocycles. The van der Waals surface area contributed by atoms with Crippen LogP contribution >= 0.6 is 0 Å². The van der Waals surface area contributed by atoms with E-state index in [2.05, 4.69) is 26.1 Å². The van der Waals surface area contributed by atoms with E-state index in [1.165, 1.54) is 0 Å². The maximum Gasteiger partial charge on any atom is 0.0722 e. The standard InChI is InChI=1S/C10H21NO2/c1-10(2,3)13-9-5-8(7-12-4)11-6-9/h8-9,11H,5-7H2,1-4H3/t8-,9+/m0/s1. The summed E-state index contributed by atoms with van der Waals surface area (Å²) in [7, 11) is 1.74. The summed E-state index contributed by atoms with van der Waals surface area (Å²) < 4.78 is 10.9. The Morgan fingerprint density at radius 1 is 1.38 bits per heavy atom. The summed E-state index contributed by atoms with van der Waals surface area (Å²) >= 11 is 0. The van der Waals surface area contributed by atoms with Crippen LogP contribution in [0.1, 0.15) is 27.2 Å². The third-order valence-corrected chi connectivity index (χ3v) is 2.07. The summed E-state index contributed by atoms with van der Waals surface area (Å²) in [5, 5.41) is 3.38. The fourth-order valence-corrected chi connectivity index (χ4v) is 1.70. The molecule has 78 valence electrons.